The van der Waals surface area contributed by atoms with Crippen LogP contribution in [0.1, 0.15) is 10.4 Å². The molecule has 1 rings (SSSR count). The molecular weight excluding hydrogens is 222 g/mol. The number of carbonyl (C=O) groups is 1. The van der Waals surface area contributed by atoms with Crippen LogP contribution in [0.3, 0.4) is 0 Å². The maximum absolute atomic E-state index is 11.6. The summed E-state index contributed by atoms with van der Waals surface area (Å²) in [6.45, 7) is 4.25. The van der Waals surface area contributed by atoms with Gasteiger partial charge < -0.3 is 10.4 Å². The molecule has 0 heterocycles. The predicted molar refractivity (Wildman–Crippen MR) is 68.0 cm³/mol. The average molecular weight is 237 g/mol. The highest BCUT2D eigenvalue weighted by molar-refractivity contribution is 7.99. The van der Waals surface area contributed by atoms with E-state index < -0.39 is 0 Å². The van der Waals surface area contributed by atoms with Gasteiger partial charge in [-0.2, -0.15) is 11.8 Å². The number of aromatic hydroxyl groups is 1. The Labute approximate surface area is 99.6 Å². The summed E-state index contributed by atoms with van der Waals surface area (Å²) in [5.41, 5.74) is 0.562. The molecule has 0 aliphatic heterocycles. The molecule has 0 aliphatic rings. The summed E-state index contributed by atoms with van der Waals surface area (Å²) in [5, 5.41) is 11.9. The minimum atomic E-state index is -0.112. The maximum Gasteiger partial charge on any atom is 0.251 e. The number of hydrogen-bond donors (Lipinski definition) is 2. The topological polar surface area (TPSA) is 49.3 Å². The second-order valence-corrected chi connectivity index (χ2v) is 4.32. The fraction of sp³-hybridized carbons (Fsp3) is 0.250. The summed E-state index contributed by atoms with van der Waals surface area (Å²) >= 11 is 1.72. The minimum absolute atomic E-state index is 0.112. The number of rotatable bonds is 6. The Morgan fingerprint density at radius 2 is 2.12 bits per heavy atom. The van der Waals surface area contributed by atoms with Crippen LogP contribution < -0.4 is 5.32 Å². The molecule has 0 unspecified atom stereocenters. The molecule has 16 heavy (non-hydrogen) atoms. The Hall–Kier alpha value is -1.42. The van der Waals surface area contributed by atoms with Crippen LogP contribution in [-0.4, -0.2) is 29.1 Å². The number of amides is 1. The summed E-state index contributed by atoms with van der Waals surface area (Å²) in [6, 6.07) is 6.20. The zero-order valence-electron chi connectivity index (χ0n) is 8.98. The van der Waals surface area contributed by atoms with Crippen molar-refractivity contribution in [3.63, 3.8) is 0 Å². The normalized spacial score (nSPS) is 9.75. The SMILES string of the molecule is C=CCSCCNC(=O)c1ccc(O)cc1. The zero-order chi connectivity index (χ0) is 11.8. The van der Waals surface area contributed by atoms with Crippen LogP contribution in [0, 0.1) is 0 Å². The fourth-order valence-corrected chi connectivity index (χ4v) is 1.70. The third-order valence-corrected chi connectivity index (χ3v) is 2.86. The standard InChI is InChI=1S/C12H15NO2S/c1-2-8-16-9-7-13-12(15)10-3-5-11(14)6-4-10/h2-6,14H,1,7-9H2,(H,13,15). The summed E-state index contributed by atoms with van der Waals surface area (Å²) in [4.78, 5) is 11.6. The molecule has 0 atom stereocenters. The third-order valence-electron chi connectivity index (χ3n) is 1.90. The highest BCUT2D eigenvalue weighted by Gasteiger charge is 2.03. The van der Waals surface area contributed by atoms with Gasteiger partial charge in [-0.1, -0.05) is 6.08 Å². The van der Waals surface area contributed by atoms with E-state index in [9.17, 15) is 4.79 Å². The molecule has 1 aromatic carbocycles. The van der Waals surface area contributed by atoms with Crippen molar-refractivity contribution in [2.75, 3.05) is 18.1 Å². The van der Waals surface area contributed by atoms with E-state index in [0.717, 1.165) is 11.5 Å². The second kappa shape index (κ2) is 6.95. The molecule has 0 saturated heterocycles. The van der Waals surface area contributed by atoms with Gasteiger partial charge in [0.2, 0.25) is 0 Å². The van der Waals surface area contributed by atoms with E-state index in [-0.39, 0.29) is 11.7 Å². The molecule has 0 radical (unpaired) electrons. The highest BCUT2D eigenvalue weighted by atomic mass is 32.2. The van der Waals surface area contributed by atoms with Crippen molar-refractivity contribution in [3.8, 4) is 5.75 Å². The van der Waals surface area contributed by atoms with Gasteiger partial charge in [-0.05, 0) is 24.3 Å². The van der Waals surface area contributed by atoms with Crippen molar-refractivity contribution >= 4 is 17.7 Å². The van der Waals surface area contributed by atoms with Crippen molar-refractivity contribution in [1.29, 1.82) is 0 Å². The van der Waals surface area contributed by atoms with Gasteiger partial charge in [0.05, 0.1) is 0 Å². The van der Waals surface area contributed by atoms with Crippen molar-refractivity contribution < 1.29 is 9.90 Å². The van der Waals surface area contributed by atoms with Crippen LogP contribution >= 0.6 is 11.8 Å². The number of benzene rings is 1. The number of nitrogens with one attached hydrogen (secondary N) is 1. The Kier molecular flexibility index (Phi) is 5.50. The van der Waals surface area contributed by atoms with Gasteiger partial charge in [0.15, 0.2) is 0 Å². The molecule has 0 bridgehead atoms. The lowest BCUT2D eigenvalue weighted by Crippen LogP contribution is -2.25. The number of hydrogen-bond acceptors (Lipinski definition) is 3. The molecule has 1 amide bonds. The van der Waals surface area contributed by atoms with Crippen LogP contribution in [-0.2, 0) is 0 Å². The minimum Gasteiger partial charge on any atom is -0.508 e. The summed E-state index contributed by atoms with van der Waals surface area (Å²) in [5.74, 6) is 1.82. The Bertz CT molecular complexity index is 349. The molecule has 0 spiro atoms. The summed E-state index contributed by atoms with van der Waals surface area (Å²) in [7, 11) is 0. The molecule has 2 N–H and O–H groups in total. The first kappa shape index (κ1) is 12.6. The smallest absolute Gasteiger partial charge is 0.251 e. The van der Waals surface area contributed by atoms with E-state index >= 15 is 0 Å². The van der Waals surface area contributed by atoms with E-state index in [1.54, 1.807) is 23.9 Å². The molecule has 4 heteroatoms. The predicted octanol–water partition coefficient (Wildman–Crippen LogP) is 2.04. The lowest BCUT2D eigenvalue weighted by atomic mass is 10.2. The summed E-state index contributed by atoms with van der Waals surface area (Å²) in [6.07, 6.45) is 1.84. The van der Waals surface area contributed by atoms with Crippen LogP contribution in [0.15, 0.2) is 36.9 Å². The van der Waals surface area contributed by atoms with Gasteiger partial charge in [0, 0.05) is 23.6 Å². The highest BCUT2D eigenvalue weighted by Crippen LogP contribution is 2.09. The van der Waals surface area contributed by atoms with Crippen molar-refractivity contribution in [3.05, 3.63) is 42.5 Å². The van der Waals surface area contributed by atoms with Crippen LogP contribution in [0.5, 0.6) is 5.75 Å². The van der Waals surface area contributed by atoms with Crippen molar-refractivity contribution in [1.82, 2.24) is 5.32 Å². The van der Waals surface area contributed by atoms with E-state index in [2.05, 4.69) is 11.9 Å². The molecule has 1 aromatic rings. The molecule has 3 nitrogen and oxygen atoms in total. The molecule has 0 saturated carbocycles. The van der Waals surface area contributed by atoms with Gasteiger partial charge in [-0.3, -0.25) is 4.79 Å². The van der Waals surface area contributed by atoms with Crippen LogP contribution in [0.4, 0.5) is 0 Å². The summed E-state index contributed by atoms with van der Waals surface area (Å²) < 4.78 is 0. The van der Waals surface area contributed by atoms with Gasteiger partial charge in [-0.15, -0.1) is 6.58 Å². The molecule has 0 fully saturated rings. The van der Waals surface area contributed by atoms with E-state index in [0.29, 0.717) is 12.1 Å². The average Bonchev–Trinajstić information content (AvgIpc) is 2.29. The number of phenolic OH excluding ortho intramolecular Hbond substituents is 1. The van der Waals surface area contributed by atoms with Gasteiger partial charge in [-0.25, -0.2) is 0 Å². The fourth-order valence-electron chi connectivity index (χ4n) is 1.12. The van der Waals surface area contributed by atoms with Crippen molar-refractivity contribution in [2.45, 2.75) is 0 Å². The lowest BCUT2D eigenvalue weighted by Gasteiger charge is -2.04. The van der Waals surface area contributed by atoms with E-state index in [1.807, 2.05) is 6.08 Å². The van der Waals surface area contributed by atoms with Gasteiger partial charge in [0.25, 0.3) is 5.91 Å². The Morgan fingerprint density at radius 1 is 1.44 bits per heavy atom. The maximum atomic E-state index is 11.6. The van der Waals surface area contributed by atoms with Crippen molar-refractivity contribution in [2.24, 2.45) is 0 Å². The first-order chi connectivity index (χ1) is 7.74. The number of phenols is 1. The van der Waals surface area contributed by atoms with Crippen LogP contribution in [0.25, 0.3) is 0 Å². The number of carbonyl (C=O) groups excluding carboxylic acids is 1. The second-order valence-electron chi connectivity index (χ2n) is 3.17. The third kappa shape index (κ3) is 4.40. The lowest BCUT2D eigenvalue weighted by molar-refractivity contribution is 0.0956. The quantitative estimate of drug-likeness (QED) is 0.588. The number of thioether (sulfide) groups is 1. The zero-order valence-corrected chi connectivity index (χ0v) is 9.80. The van der Waals surface area contributed by atoms with E-state index in [4.69, 9.17) is 5.11 Å². The van der Waals surface area contributed by atoms with Crippen LogP contribution in [0.2, 0.25) is 0 Å². The molecule has 86 valence electrons. The first-order valence-corrected chi connectivity index (χ1v) is 6.15. The van der Waals surface area contributed by atoms with Gasteiger partial charge >= 0.3 is 0 Å². The molecular formula is C12H15NO2S. The molecule has 0 aliphatic carbocycles. The monoisotopic (exact) mass is 237 g/mol. The van der Waals surface area contributed by atoms with Gasteiger partial charge in [0.1, 0.15) is 5.75 Å². The van der Waals surface area contributed by atoms with E-state index in [1.165, 1.54) is 12.1 Å². The largest absolute Gasteiger partial charge is 0.508 e. The Morgan fingerprint density at radius 3 is 2.75 bits per heavy atom. The Balaban J connectivity index is 2.29. The first-order valence-electron chi connectivity index (χ1n) is 5.00. The molecule has 0 aromatic heterocycles.